The summed E-state index contributed by atoms with van der Waals surface area (Å²) in [6, 6.07) is 3.91. The Balaban J connectivity index is 2.00. The number of hydrogen-bond donors (Lipinski definition) is 1. The molecule has 0 amide bonds. The summed E-state index contributed by atoms with van der Waals surface area (Å²) in [5.74, 6) is 0.903. The highest BCUT2D eigenvalue weighted by Crippen LogP contribution is 2.16. The predicted octanol–water partition coefficient (Wildman–Crippen LogP) is 0.941. The molecule has 5 heteroatoms. The van der Waals surface area contributed by atoms with Gasteiger partial charge in [-0.1, -0.05) is 0 Å². The second kappa shape index (κ2) is 5.93. The van der Waals surface area contributed by atoms with Gasteiger partial charge in [0.25, 0.3) is 0 Å². The number of hydrogen-bond acceptors (Lipinski definition) is 5. The molecule has 1 fully saturated rings. The normalized spacial score (nSPS) is 19.5. The lowest BCUT2D eigenvalue weighted by Crippen LogP contribution is -2.32. The number of likely N-dealkylation sites (N-methyl/N-ethyl adjacent to an activating group) is 1. The van der Waals surface area contributed by atoms with Crippen LogP contribution in [0.2, 0.25) is 0 Å². The largest absolute Gasteiger partial charge is 0.376 e. The fourth-order valence-corrected chi connectivity index (χ4v) is 2.05. The van der Waals surface area contributed by atoms with Crippen LogP contribution in [0.1, 0.15) is 25.5 Å². The summed E-state index contributed by atoms with van der Waals surface area (Å²) in [6.45, 7) is 5.25. The van der Waals surface area contributed by atoms with Gasteiger partial charge in [0, 0.05) is 26.2 Å². The van der Waals surface area contributed by atoms with E-state index < -0.39 is 0 Å². The molecule has 0 radical (unpaired) electrons. The van der Waals surface area contributed by atoms with Gasteiger partial charge >= 0.3 is 0 Å². The van der Waals surface area contributed by atoms with Gasteiger partial charge in [0.2, 0.25) is 0 Å². The highest BCUT2D eigenvalue weighted by Gasteiger charge is 2.19. The van der Waals surface area contributed by atoms with Crippen molar-refractivity contribution in [3.05, 3.63) is 17.8 Å². The Bertz CT molecular complexity index is 335. The number of rotatable bonds is 5. The summed E-state index contributed by atoms with van der Waals surface area (Å²) in [4.78, 5) is 2.20. The van der Waals surface area contributed by atoms with Gasteiger partial charge in [0.1, 0.15) is 0 Å². The van der Waals surface area contributed by atoms with Gasteiger partial charge in [-0.2, -0.15) is 5.10 Å². The van der Waals surface area contributed by atoms with Gasteiger partial charge in [0.05, 0.1) is 11.8 Å². The molecule has 0 aromatic carbocycles. The Labute approximate surface area is 102 Å². The van der Waals surface area contributed by atoms with Gasteiger partial charge in [-0.05, 0) is 31.9 Å². The monoisotopic (exact) mass is 236 g/mol. The molecule has 2 heterocycles. The zero-order valence-corrected chi connectivity index (χ0v) is 10.3. The lowest BCUT2D eigenvalue weighted by atomic mass is 10.2. The van der Waals surface area contributed by atoms with Crippen molar-refractivity contribution in [2.24, 2.45) is 5.73 Å². The maximum atomic E-state index is 5.64. The van der Waals surface area contributed by atoms with Crippen LogP contribution in [0.3, 0.4) is 0 Å². The van der Waals surface area contributed by atoms with Crippen LogP contribution in [-0.2, 0) is 11.3 Å². The Morgan fingerprint density at radius 3 is 2.88 bits per heavy atom. The second-order valence-corrected chi connectivity index (χ2v) is 4.26. The first-order valence-electron chi connectivity index (χ1n) is 6.22. The van der Waals surface area contributed by atoms with E-state index in [1.165, 1.54) is 6.42 Å². The minimum atomic E-state index is 0.339. The smallest absolute Gasteiger partial charge is 0.151 e. The average molecular weight is 236 g/mol. The summed E-state index contributed by atoms with van der Waals surface area (Å²) >= 11 is 0. The van der Waals surface area contributed by atoms with E-state index in [2.05, 4.69) is 22.0 Å². The van der Waals surface area contributed by atoms with Crippen LogP contribution in [0.25, 0.3) is 0 Å². The minimum absolute atomic E-state index is 0.339. The van der Waals surface area contributed by atoms with Gasteiger partial charge in [0.15, 0.2) is 5.82 Å². The summed E-state index contributed by atoms with van der Waals surface area (Å²) in [5.41, 5.74) is 6.33. The third-order valence-corrected chi connectivity index (χ3v) is 3.07. The van der Waals surface area contributed by atoms with Crippen LogP contribution in [-0.4, -0.2) is 36.0 Å². The van der Waals surface area contributed by atoms with Crippen molar-refractivity contribution in [2.75, 3.05) is 24.6 Å². The number of nitrogens with zero attached hydrogens (tertiary/aromatic N) is 3. The van der Waals surface area contributed by atoms with Gasteiger partial charge in [-0.25, -0.2) is 0 Å². The molecule has 1 atom stereocenters. The number of anilines is 1. The first-order valence-corrected chi connectivity index (χ1v) is 6.22. The van der Waals surface area contributed by atoms with E-state index in [-0.39, 0.29) is 0 Å². The summed E-state index contributed by atoms with van der Waals surface area (Å²) in [6.07, 6.45) is 2.65. The Morgan fingerprint density at radius 1 is 1.47 bits per heavy atom. The maximum Gasteiger partial charge on any atom is 0.151 e. The summed E-state index contributed by atoms with van der Waals surface area (Å²) in [5, 5.41) is 8.29. The molecule has 1 unspecified atom stereocenters. The molecule has 1 aromatic rings. The number of aromatic nitrogens is 2. The van der Waals surface area contributed by atoms with E-state index in [0.29, 0.717) is 12.6 Å². The molecule has 0 aliphatic carbocycles. The van der Waals surface area contributed by atoms with E-state index in [4.69, 9.17) is 10.5 Å². The fraction of sp³-hybridized carbons (Fsp3) is 0.667. The Hall–Kier alpha value is -1.20. The zero-order chi connectivity index (χ0) is 12.1. The van der Waals surface area contributed by atoms with E-state index in [9.17, 15) is 0 Å². The van der Waals surface area contributed by atoms with Crippen LogP contribution in [0.5, 0.6) is 0 Å². The van der Waals surface area contributed by atoms with Crippen molar-refractivity contribution >= 4 is 5.82 Å². The highest BCUT2D eigenvalue weighted by molar-refractivity contribution is 5.37. The van der Waals surface area contributed by atoms with Crippen LogP contribution < -0.4 is 10.6 Å². The molecule has 2 rings (SSSR count). The van der Waals surface area contributed by atoms with Crippen molar-refractivity contribution in [1.29, 1.82) is 0 Å². The molecule has 5 nitrogen and oxygen atoms in total. The van der Waals surface area contributed by atoms with Crippen LogP contribution in [0, 0.1) is 0 Å². The molecule has 0 bridgehead atoms. The summed E-state index contributed by atoms with van der Waals surface area (Å²) < 4.78 is 5.64. The highest BCUT2D eigenvalue weighted by atomic mass is 16.5. The third kappa shape index (κ3) is 3.14. The van der Waals surface area contributed by atoms with Gasteiger partial charge < -0.3 is 15.4 Å². The van der Waals surface area contributed by atoms with E-state index in [0.717, 1.165) is 37.6 Å². The quantitative estimate of drug-likeness (QED) is 0.824. The van der Waals surface area contributed by atoms with Crippen LogP contribution in [0.4, 0.5) is 5.82 Å². The molecule has 2 N–H and O–H groups in total. The molecular weight excluding hydrogens is 216 g/mol. The average Bonchev–Trinajstić information content (AvgIpc) is 2.89. The van der Waals surface area contributed by atoms with Gasteiger partial charge in [-0.3, -0.25) is 0 Å². The summed E-state index contributed by atoms with van der Waals surface area (Å²) in [7, 11) is 0. The van der Waals surface area contributed by atoms with Crippen molar-refractivity contribution in [1.82, 2.24) is 10.2 Å². The Kier molecular flexibility index (Phi) is 4.28. The van der Waals surface area contributed by atoms with E-state index >= 15 is 0 Å². The molecule has 0 saturated carbocycles. The van der Waals surface area contributed by atoms with E-state index in [1.807, 2.05) is 12.1 Å². The second-order valence-electron chi connectivity index (χ2n) is 4.26. The first-order chi connectivity index (χ1) is 8.33. The lowest BCUT2D eigenvalue weighted by molar-refractivity contribution is 0.115. The molecule has 1 saturated heterocycles. The van der Waals surface area contributed by atoms with Crippen molar-refractivity contribution in [3.8, 4) is 0 Å². The SMILES string of the molecule is CCN(CC1CCCO1)c1ccc(CN)nn1. The van der Waals surface area contributed by atoms with Crippen LogP contribution in [0.15, 0.2) is 12.1 Å². The molecule has 1 aromatic heterocycles. The topological polar surface area (TPSA) is 64.3 Å². The molecular formula is C12H20N4O. The molecule has 17 heavy (non-hydrogen) atoms. The first kappa shape index (κ1) is 12.3. The third-order valence-electron chi connectivity index (χ3n) is 3.07. The fourth-order valence-electron chi connectivity index (χ4n) is 2.05. The van der Waals surface area contributed by atoms with Gasteiger partial charge in [-0.15, -0.1) is 5.10 Å². The maximum absolute atomic E-state index is 5.64. The number of nitrogens with two attached hydrogens (primary N) is 1. The zero-order valence-electron chi connectivity index (χ0n) is 10.3. The molecule has 1 aliphatic rings. The standard InChI is InChI=1S/C12H20N4O/c1-2-16(9-11-4-3-7-17-11)12-6-5-10(8-13)14-15-12/h5-6,11H,2-4,7-9,13H2,1H3. The molecule has 0 spiro atoms. The number of ether oxygens (including phenoxy) is 1. The molecule has 94 valence electrons. The lowest BCUT2D eigenvalue weighted by Gasteiger charge is -2.24. The van der Waals surface area contributed by atoms with Crippen molar-refractivity contribution in [3.63, 3.8) is 0 Å². The van der Waals surface area contributed by atoms with Crippen molar-refractivity contribution < 1.29 is 4.74 Å². The predicted molar refractivity (Wildman–Crippen MR) is 66.8 cm³/mol. The van der Waals surface area contributed by atoms with Crippen molar-refractivity contribution in [2.45, 2.75) is 32.4 Å². The Morgan fingerprint density at radius 2 is 2.35 bits per heavy atom. The molecule has 1 aliphatic heterocycles. The minimum Gasteiger partial charge on any atom is -0.376 e. The van der Waals surface area contributed by atoms with Crippen LogP contribution >= 0.6 is 0 Å². The van der Waals surface area contributed by atoms with E-state index in [1.54, 1.807) is 0 Å².